The first kappa shape index (κ1) is 10.1. The first-order chi connectivity index (χ1) is 4.95. The Bertz CT molecular complexity index is 218. The average molecular weight is 158 g/mol. The third kappa shape index (κ3) is 3.71. The fraction of sp³-hybridized carbons (Fsp3) is 0.333. The van der Waals surface area contributed by atoms with Crippen LogP contribution < -0.4 is 0 Å². The first-order valence-electron chi connectivity index (χ1n) is 3.31. The number of halogens is 2. The molecule has 11 heavy (non-hydrogen) atoms. The SMILES string of the molecule is C=C(C)/C=C(F)\C(C)=C(/C)F. The molecule has 0 bridgehead atoms. The van der Waals surface area contributed by atoms with Crippen molar-refractivity contribution in [3.8, 4) is 0 Å². The minimum atomic E-state index is -0.558. The second-order valence-corrected chi connectivity index (χ2v) is 2.50. The lowest BCUT2D eigenvalue weighted by atomic mass is 10.2. The van der Waals surface area contributed by atoms with Gasteiger partial charge in [0.05, 0.1) is 0 Å². The van der Waals surface area contributed by atoms with Crippen LogP contribution in [0.1, 0.15) is 20.8 Å². The quantitative estimate of drug-likeness (QED) is 0.538. The van der Waals surface area contributed by atoms with Gasteiger partial charge in [-0.25, -0.2) is 8.78 Å². The Hall–Kier alpha value is -0.920. The van der Waals surface area contributed by atoms with Crippen molar-refractivity contribution >= 4 is 0 Å². The smallest absolute Gasteiger partial charge is 0.128 e. The van der Waals surface area contributed by atoms with Gasteiger partial charge in [-0.2, -0.15) is 0 Å². The maximum absolute atomic E-state index is 12.8. The highest BCUT2D eigenvalue weighted by atomic mass is 19.1. The van der Waals surface area contributed by atoms with Crippen molar-refractivity contribution in [3.63, 3.8) is 0 Å². The average Bonchev–Trinajstić information content (AvgIpc) is 1.84. The van der Waals surface area contributed by atoms with Crippen LogP contribution in [0.2, 0.25) is 0 Å². The highest BCUT2D eigenvalue weighted by Gasteiger charge is 2.01. The zero-order chi connectivity index (χ0) is 9.02. The molecule has 0 N–H and O–H groups in total. The van der Waals surface area contributed by atoms with Crippen molar-refractivity contribution < 1.29 is 8.78 Å². The minimum Gasteiger partial charge on any atom is -0.212 e. The van der Waals surface area contributed by atoms with Gasteiger partial charge in [0.2, 0.25) is 0 Å². The van der Waals surface area contributed by atoms with Gasteiger partial charge >= 0.3 is 0 Å². The zero-order valence-corrected chi connectivity index (χ0v) is 7.04. The summed E-state index contributed by atoms with van der Waals surface area (Å²) >= 11 is 0. The summed E-state index contributed by atoms with van der Waals surface area (Å²) in [6.45, 7) is 7.74. The van der Waals surface area contributed by atoms with E-state index in [1.165, 1.54) is 19.9 Å². The maximum atomic E-state index is 12.8. The van der Waals surface area contributed by atoms with Crippen molar-refractivity contribution in [1.29, 1.82) is 0 Å². The lowest BCUT2D eigenvalue weighted by Crippen LogP contribution is -1.80. The van der Waals surface area contributed by atoms with Crippen LogP contribution in [-0.2, 0) is 0 Å². The molecule has 0 heterocycles. The Kier molecular flexibility index (Phi) is 3.72. The van der Waals surface area contributed by atoms with Crippen LogP contribution in [0.4, 0.5) is 8.78 Å². The van der Waals surface area contributed by atoms with Crippen molar-refractivity contribution in [3.05, 3.63) is 35.5 Å². The Morgan fingerprint density at radius 3 is 1.91 bits per heavy atom. The summed E-state index contributed by atoms with van der Waals surface area (Å²) in [5.41, 5.74) is 0.608. The minimum absolute atomic E-state index is 0.0352. The molecule has 62 valence electrons. The molecule has 0 amide bonds. The van der Waals surface area contributed by atoms with E-state index in [0.717, 1.165) is 0 Å². The van der Waals surface area contributed by atoms with E-state index in [0.29, 0.717) is 5.57 Å². The number of rotatable bonds is 2. The Morgan fingerprint density at radius 1 is 1.18 bits per heavy atom. The maximum Gasteiger partial charge on any atom is 0.128 e. The third-order valence-corrected chi connectivity index (χ3v) is 1.25. The van der Waals surface area contributed by atoms with E-state index in [2.05, 4.69) is 6.58 Å². The van der Waals surface area contributed by atoms with Gasteiger partial charge < -0.3 is 0 Å². The number of hydrogen-bond acceptors (Lipinski definition) is 0. The van der Waals surface area contributed by atoms with Crippen molar-refractivity contribution in [2.45, 2.75) is 20.8 Å². The van der Waals surface area contributed by atoms with E-state index < -0.39 is 11.7 Å². The molecule has 0 aliphatic carbocycles. The molecule has 0 atom stereocenters. The molecule has 0 fully saturated rings. The van der Waals surface area contributed by atoms with Gasteiger partial charge in [0, 0.05) is 5.57 Å². The van der Waals surface area contributed by atoms with Gasteiger partial charge in [-0.15, -0.1) is 0 Å². The Balaban J connectivity index is 4.63. The molecule has 2 heteroatoms. The largest absolute Gasteiger partial charge is 0.212 e. The van der Waals surface area contributed by atoms with Crippen LogP contribution in [-0.4, -0.2) is 0 Å². The van der Waals surface area contributed by atoms with Gasteiger partial charge in [0.25, 0.3) is 0 Å². The van der Waals surface area contributed by atoms with Gasteiger partial charge in [0.1, 0.15) is 11.7 Å². The summed E-state index contributed by atoms with van der Waals surface area (Å²) < 4.78 is 25.2. The first-order valence-corrected chi connectivity index (χ1v) is 3.31. The van der Waals surface area contributed by atoms with Crippen molar-refractivity contribution in [1.82, 2.24) is 0 Å². The molecule has 0 radical (unpaired) electrons. The predicted octanol–water partition coefficient (Wildman–Crippen LogP) is 3.68. The lowest BCUT2D eigenvalue weighted by Gasteiger charge is -1.96. The van der Waals surface area contributed by atoms with E-state index in [1.54, 1.807) is 6.92 Å². The van der Waals surface area contributed by atoms with Gasteiger partial charge in [-0.1, -0.05) is 12.2 Å². The molecule has 0 unspecified atom stereocenters. The molecule has 0 aromatic rings. The fourth-order valence-corrected chi connectivity index (χ4v) is 0.489. The Labute approximate surface area is 65.9 Å². The van der Waals surface area contributed by atoms with E-state index in [-0.39, 0.29) is 5.57 Å². The standard InChI is InChI=1S/C9H12F2/c1-6(2)5-9(11)7(3)8(4)10/h5H,1H2,2-4H3/b8-7+,9-5+. The molecule has 0 aromatic heterocycles. The molecule has 0 aliphatic rings. The summed E-state index contributed by atoms with van der Waals surface area (Å²) in [7, 11) is 0. The number of allylic oxidation sites excluding steroid dienone is 5. The molecule has 0 aromatic carbocycles. The van der Waals surface area contributed by atoms with E-state index in [9.17, 15) is 8.78 Å². The van der Waals surface area contributed by atoms with Gasteiger partial charge in [-0.3, -0.25) is 0 Å². The molecular weight excluding hydrogens is 146 g/mol. The summed E-state index contributed by atoms with van der Waals surface area (Å²) in [5.74, 6) is -1.06. The normalized spacial score (nSPS) is 14.5. The van der Waals surface area contributed by atoms with Crippen molar-refractivity contribution in [2.24, 2.45) is 0 Å². The molecule has 0 saturated carbocycles. The number of hydrogen-bond donors (Lipinski definition) is 0. The molecule has 0 nitrogen and oxygen atoms in total. The zero-order valence-electron chi connectivity index (χ0n) is 7.04. The van der Waals surface area contributed by atoms with Gasteiger partial charge in [0.15, 0.2) is 0 Å². The molecule has 0 saturated heterocycles. The Morgan fingerprint density at radius 2 is 1.64 bits per heavy atom. The summed E-state index contributed by atoms with van der Waals surface area (Å²) in [5, 5.41) is 0. The monoisotopic (exact) mass is 158 g/mol. The van der Waals surface area contributed by atoms with Crippen LogP contribution in [0.15, 0.2) is 35.5 Å². The van der Waals surface area contributed by atoms with Gasteiger partial charge in [-0.05, 0) is 26.8 Å². The van der Waals surface area contributed by atoms with Crippen LogP contribution in [0.3, 0.4) is 0 Å². The highest BCUT2D eigenvalue weighted by molar-refractivity contribution is 5.30. The summed E-state index contributed by atoms with van der Waals surface area (Å²) in [6, 6.07) is 0. The molecule has 0 aliphatic heterocycles. The molecular formula is C9H12F2. The molecule has 0 rings (SSSR count). The topological polar surface area (TPSA) is 0 Å². The fourth-order valence-electron chi connectivity index (χ4n) is 0.489. The second kappa shape index (κ2) is 4.06. The van der Waals surface area contributed by atoms with Crippen molar-refractivity contribution in [2.75, 3.05) is 0 Å². The summed E-state index contributed by atoms with van der Waals surface area (Å²) in [6.07, 6.45) is 1.21. The van der Waals surface area contributed by atoms with E-state index >= 15 is 0 Å². The van der Waals surface area contributed by atoms with E-state index in [1.807, 2.05) is 0 Å². The highest BCUT2D eigenvalue weighted by Crippen LogP contribution is 2.17. The summed E-state index contributed by atoms with van der Waals surface area (Å²) in [4.78, 5) is 0. The third-order valence-electron chi connectivity index (χ3n) is 1.25. The van der Waals surface area contributed by atoms with Crippen LogP contribution >= 0.6 is 0 Å². The van der Waals surface area contributed by atoms with Crippen LogP contribution in [0, 0.1) is 0 Å². The molecule has 0 spiro atoms. The van der Waals surface area contributed by atoms with Crippen LogP contribution in [0.25, 0.3) is 0 Å². The van der Waals surface area contributed by atoms with Crippen LogP contribution in [0.5, 0.6) is 0 Å². The van der Waals surface area contributed by atoms with E-state index in [4.69, 9.17) is 0 Å². The lowest BCUT2D eigenvalue weighted by molar-refractivity contribution is 0.594. The predicted molar refractivity (Wildman–Crippen MR) is 43.5 cm³/mol. The second-order valence-electron chi connectivity index (χ2n) is 2.50.